The van der Waals surface area contributed by atoms with Crippen molar-refractivity contribution in [1.29, 1.82) is 0 Å². The van der Waals surface area contributed by atoms with E-state index in [9.17, 15) is 14.4 Å². The molecule has 3 rings (SSSR count). The van der Waals surface area contributed by atoms with Crippen molar-refractivity contribution in [3.8, 4) is 5.75 Å². The lowest BCUT2D eigenvalue weighted by molar-refractivity contribution is -0.122. The van der Waals surface area contributed by atoms with Crippen LogP contribution in [0.3, 0.4) is 0 Å². The molecule has 1 aliphatic heterocycles. The first kappa shape index (κ1) is 18.4. The van der Waals surface area contributed by atoms with Crippen LogP contribution < -0.4 is 20.3 Å². The Hall–Kier alpha value is -3.35. The van der Waals surface area contributed by atoms with Crippen molar-refractivity contribution in [2.75, 3.05) is 29.2 Å². The molecule has 3 amide bonds. The summed E-state index contributed by atoms with van der Waals surface area (Å²) in [7, 11) is 1.54. The third-order valence-electron chi connectivity index (χ3n) is 4.36. The molecule has 0 bridgehead atoms. The van der Waals surface area contributed by atoms with E-state index in [1.807, 2.05) is 6.07 Å². The van der Waals surface area contributed by atoms with Crippen molar-refractivity contribution in [1.82, 2.24) is 0 Å². The lowest BCUT2D eigenvalue weighted by Gasteiger charge is -2.17. The van der Waals surface area contributed by atoms with Gasteiger partial charge in [0.05, 0.1) is 18.7 Å². The molecule has 2 aromatic carbocycles. The SMILES string of the molecule is COc1ccccc1NC(=O)[C@@H]1CC(=O)N(c2ccc(NC(C)=O)cc2)C1. The van der Waals surface area contributed by atoms with Gasteiger partial charge in [0.1, 0.15) is 5.75 Å². The maximum atomic E-state index is 12.6. The molecule has 0 spiro atoms. The van der Waals surface area contributed by atoms with Crippen LogP contribution in [0.1, 0.15) is 13.3 Å². The molecule has 0 aliphatic carbocycles. The van der Waals surface area contributed by atoms with E-state index in [1.54, 1.807) is 47.4 Å². The third kappa shape index (κ3) is 4.25. The molecule has 0 saturated carbocycles. The van der Waals surface area contributed by atoms with Crippen LogP contribution in [-0.4, -0.2) is 31.4 Å². The number of hydrogen-bond donors (Lipinski definition) is 2. The molecule has 27 heavy (non-hydrogen) atoms. The highest BCUT2D eigenvalue weighted by molar-refractivity contribution is 6.04. The zero-order valence-electron chi connectivity index (χ0n) is 15.2. The molecule has 1 saturated heterocycles. The minimum atomic E-state index is -0.447. The normalized spacial score (nSPS) is 16.1. The Kier molecular flexibility index (Phi) is 5.40. The van der Waals surface area contributed by atoms with Crippen molar-refractivity contribution in [3.05, 3.63) is 48.5 Å². The quantitative estimate of drug-likeness (QED) is 0.850. The van der Waals surface area contributed by atoms with E-state index < -0.39 is 5.92 Å². The molecule has 0 radical (unpaired) electrons. The molecule has 7 nitrogen and oxygen atoms in total. The lowest BCUT2D eigenvalue weighted by Crippen LogP contribution is -2.28. The van der Waals surface area contributed by atoms with E-state index in [1.165, 1.54) is 14.0 Å². The van der Waals surface area contributed by atoms with Gasteiger partial charge in [-0.3, -0.25) is 14.4 Å². The van der Waals surface area contributed by atoms with Crippen LogP contribution in [0.25, 0.3) is 0 Å². The van der Waals surface area contributed by atoms with Crippen molar-refractivity contribution in [3.63, 3.8) is 0 Å². The second-order valence-corrected chi connectivity index (χ2v) is 6.32. The molecule has 0 aromatic heterocycles. The first-order valence-electron chi connectivity index (χ1n) is 8.60. The lowest BCUT2D eigenvalue weighted by atomic mass is 10.1. The van der Waals surface area contributed by atoms with Gasteiger partial charge >= 0.3 is 0 Å². The molecule has 1 aliphatic rings. The van der Waals surface area contributed by atoms with E-state index in [0.29, 0.717) is 29.4 Å². The third-order valence-corrected chi connectivity index (χ3v) is 4.36. The van der Waals surface area contributed by atoms with Crippen molar-refractivity contribution < 1.29 is 19.1 Å². The highest BCUT2D eigenvalue weighted by Crippen LogP contribution is 2.29. The van der Waals surface area contributed by atoms with E-state index in [-0.39, 0.29) is 24.1 Å². The van der Waals surface area contributed by atoms with Gasteiger partial charge in [-0.25, -0.2) is 0 Å². The number of ether oxygens (including phenoxy) is 1. The molecule has 1 fully saturated rings. The molecule has 1 heterocycles. The molecule has 2 aromatic rings. The second-order valence-electron chi connectivity index (χ2n) is 6.32. The summed E-state index contributed by atoms with van der Waals surface area (Å²) in [5.74, 6) is -0.362. The Morgan fingerprint density at radius 1 is 1.07 bits per heavy atom. The number of para-hydroxylation sites is 2. The Morgan fingerprint density at radius 3 is 2.44 bits per heavy atom. The predicted octanol–water partition coefficient (Wildman–Crippen LogP) is 2.65. The Morgan fingerprint density at radius 2 is 1.78 bits per heavy atom. The molecule has 0 unspecified atom stereocenters. The summed E-state index contributed by atoms with van der Waals surface area (Å²) >= 11 is 0. The number of nitrogens with one attached hydrogen (secondary N) is 2. The summed E-state index contributed by atoms with van der Waals surface area (Å²) in [6, 6.07) is 14.1. The zero-order valence-corrected chi connectivity index (χ0v) is 15.2. The smallest absolute Gasteiger partial charge is 0.229 e. The summed E-state index contributed by atoms with van der Waals surface area (Å²) < 4.78 is 5.24. The molecule has 7 heteroatoms. The minimum absolute atomic E-state index is 0.109. The second kappa shape index (κ2) is 7.90. The fraction of sp³-hybridized carbons (Fsp3) is 0.250. The summed E-state index contributed by atoms with van der Waals surface area (Å²) in [6.07, 6.45) is 0.147. The fourth-order valence-electron chi connectivity index (χ4n) is 3.04. The topological polar surface area (TPSA) is 87.7 Å². The summed E-state index contributed by atoms with van der Waals surface area (Å²) in [6.45, 7) is 1.74. The number of nitrogens with zero attached hydrogens (tertiary/aromatic N) is 1. The van der Waals surface area contributed by atoms with Crippen LogP contribution in [-0.2, 0) is 14.4 Å². The van der Waals surface area contributed by atoms with Crippen LogP contribution in [0.15, 0.2) is 48.5 Å². The van der Waals surface area contributed by atoms with E-state index in [0.717, 1.165) is 0 Å². The minimum Gasteiger partial charge on any atom is -0.495 e. The fourth-order valence-corrected chi connectivity index (χ4v) is 3.04. The molecular formula is C20H21N3O4. The van der Waals surface area contributed by atoms with Gasteiger partial charge in [0, 0.05) is 31.3 Å². The van der Waals surface area contributed by atoms with E-state index >= 15 is 0 Å². The van der Waals surface area contributed by atoms with Crippen molar-refractivity contribution in [2.45, 2.75) is 13.3 Å². The molecule has 140 valence electrons. The summed E-state index contributed by atoms with van der Waals surface area (Å²) in [5.41, 5.74) is 1.93. The molecular weight excluding hydrogens is 346 g/mol. The van der Waals surface area contributed by atoms with Crippen LogP contribution in [0.5, 0.6) is 5.75 Å². The first-order valence-corrected chi connectivity index (χ1v) is 8.60. The van der Waals surface area contributed by atoms with Gasteiger partial charge in [-0.2, -0.15) is 0 Å². The maximum Gasteiger partial charge on any atom is 0.229 e. The first-order chi connectivity index (χ1) is 13.0. The average Bonchev–Trinajstić information content (AvgIpc) is 3.04. The molecule has 2 N–H and O–H groups in total. The van der Waals surface area contributed by atoms with Crippen LogP contribution in [0.4, 0.5) is 17.1 Å². The highest BCUT2D eigenvalue weighted by Gasteiger charge is 2.35. The number of benzene rings is 2. The average molecular weight is 367 g/mol. The Balaban J connectivity index is 1.67. The van der Waals surface area contributed by atoms with Crippen LogP contribution in [0, 0.1) is 5.92 Å². The van der Waals surface area contributed by atoms with Gasteiger partial charge in [-0.1, -0.05) is 12.1 Å². The Bertz CT molecular complexity index is 864. The molecule has 1 atom stereocenters. The zero-order chi connectivity index (χ0) is 19.4. The Labute approximate surface area is 157 Å². The monoisotopic (exact) mass is 367 g/mol. The van der Waals surface area contributed by atoms with Crippen molar-refractivity contribution >= 4 is 34.8 Å². The number of carbonyl (C=O) groups is 3. The number of methoxy groups -OCH3 is 1. The number of anilines is 3. The van der Waals surface area contributed by atoms with Crippen LogP contribution >= 0.6 is 0 Å². The number of carbonyl (C=O) groups excluding carboxylic acids is 3. The van der Waals surface area contributed by atoms with Crippen molar-refractivity contribution in [2.24, 2.45) is 5.92 Å². The van der Waals surface area contributed by atoms with Crippen LogP contribution in [0.2, 0.25) is 0 Å². The van der Waals surface area contributed by atoms with E-state index in [2.05, 4.69) is 10.6 Å². The van der Waals surface area contributed by atoms with Gasteiger partial charge in [-0.15, -0.1) is 0 Å². The maximum absolute atomic E-state index is 12.6. The number of hydrogen-bond acceptors (Lipinski definition) is 4. The standard InChI is InChI=1S/C20H21N3O4/c1-13(24)21-15-7-9-16(10-8-15)23-12-14(11-19(23)25)20(26)22-17-5-3-4-6-18(17)27-2/h3-10,14H,11-12H2,1-2H3,(H,21,24)(H,22,26)/t14-/m1/s1. The predicted molar refractivity (Wildman–Crippen MR) is 103 cm³/mol. The summed E-state index contributed by atoms with van der Waals surface area (Å²) in [4.78, 5) is 37.6. The number of amides is 3. The van der Waals surface area contributed by atoms with Gasteiger partial charge in [-0.05, 0) is 36.4 Å². The highest BCUT2D eigenvalue weighted by atomic mass is 16.5. The largest absolute Gasteiger partial charge is 0.495 e. The number of rotatable bonds is 5. The summed E-state index contributed by atoms with van der Waals surface area (Å²) in [5, 5.41) is 5.52. The van der Waals surface area contributed by atoms with Gasteiger partial charge in [0.15, 0.2) is 0 Å². The van der Waals surface area contributed by atoms with Gasteiger partial charge in [0.25, 0.3) is 0 Å². The van der Waals surface area contributed by atoms with Gasteiger partial charge in [0.2, 0.25) is 17.7 Å². The van der Waals surface area contributed by atoms with E-state index in [4.69, 9.17) is 4.74 Å². The van der Waals surface area contributed by atoms with Gasteiger partial charge < -0.3 is 20.3 Å².